The Labute approximate surface area is 154 Å². The number of piperidine rings is 3. The van der Waals surface area contributed by atoms with Crippen LogP contribution in [0.4, 0.5) is 0 Å². The highest BCUT2D eigenvalue weighted by molar-refractivity contribution is 7.85. The molecule has 7 heteroatoms. The van der Waals surface area contributed by atoms with Crippen LogP contribution in [-0.4, -0.2) is 54.9 Å². The van der Waals surface area contributed by atoms with Gasteiger partial charge in [0.05, 0.1) is 25.4 Å². The predicted octanol–water partition coefficient (Wildman–Crippen LogP) is 3.15. The molecule has 0 saturated carbocycles. The summed E-state index contributed by atoms with van der Waals surface area (Å²) in [4.78, 5) is 0. The van der Waals surface area contributed by atoms with Crippen molar-refractivity contribution in [3.05, 3.63) is 46.5 Å². The number of quaternary nitrogens is 1. The lowest BCUT2D eigenvalue weighted by Crippen LogP contribution is -2.59. The lowest BCUT2D eigenvalue weighted by atomic mass is 9.80. The molecular formula is C18H26ClNO4S. The average Bonchev–Trinajstić information content (AvgIpc) is 2.54. The van der Waals surface area contributed by atoms with Crippen molar-refractivity contribution in [1.29, 1.82) is 0 Å². The fourth-order valence-corrected chi connectivity index (χ4v) is 4.77. The molecule has 1 aromatic carbocycles. The van der Waals surface area contributed by atoms with Gasteiger partial charge in [0.1, 0.15) is 6.54 Å². The van der Waals surface area contributed by atoms with E-state index in [4.69, 9.17) is 16.2 Å². The van der Waals surface area contributed by atoms with Crippen molar-refractivity contribution in [2.45, 2.75) is 25.7 Å². The molecule has 3 aliphatic heterocycles. The number of benzene rings is 1. The highest BCUT2D eigenvalue weighted by atomic mass is 35.5. The first kappa shape index (κ1) is 20.4. The van der Waals surface area contributed by atoms with Gasteiger partial charge in [-0.3, -0.25) is 4.55 Å². The second-order valence-electron chi connectivity index (χ2n) is 7.19. The van der Waals surface area contributed by atoms with E-state index in [1.807, 2.05) is 12.1 Å². The first-order chi connectivity index (χ1) is 11.4. The van der Waals surface area contributed by atoms with E-state index in [-0.39, 0.29) is 11.2 Å². The van der Waals surface area contributed by atoms with Gasteiger partial charge < -0.3 is 9.96 Å². The summed E-state index contributed by atoms with van der Waals surface area (Å²) in [5, 5.41) is 0.762. The molecule has 0 radical (unpaired) electrons. The summed E-state index contributed by atoms with van der Waals surface area (Å²) < 4.78 is 31.8. The van der Waals surface area contributed by atoms with Crippen molar-refractivity contribution in [2.24, 2.45) is 5.92 Å². The Bertz CT molecular complexity index is 707. The van der Waals surface area contributed by atoms with Crippen LogP contribution in [0.3, 0.4) is 0 Å². The molecule has 3 aliphatic rings. The normalized spacial score (nSPS) is 27.3. The molecule has 5 nitrogen and oxygen atoms in total. The van der Waals surface area contributed by atoms with Crippen LogP contribution >= 0.6 is 11.6 Å². The van der Waals surface area contributed by atoms with Crippen LogP contribution in [0.5, 0.6) is 0 Å². The average molecular weight is 388 g/mol. The third-order valence-electron chi connectivity index (χ3n) is 5.49. The fraction of sp³-hybridized carbons (Fsp3) is 0.556. The van der Waals surface area contributed by atoms with Crippen molar-refractivity contribution >= 4 is 21.7 Å². The Morgan fingerprint density at radius 3 is 2.44 bits per heavy atom. The lowest BCUT2D eigenvalue weighted by molar-refractivity contribution is -0.935. The second kappa shape index (κ2) is 8.18. The van der Waals surface area contributed by atoms with Gasteiger partial charge in [-0.1, -0.05) is 29.8 Å². The quantitative estimate of drug-likeness (QED) is 0.461. The molecule has 3 fully saturated rings. The molecule has 0 aliphatic carbocycles. The zero-order valence-corrected chi connectivity index (χ0v) is 15.8. The molecule has 2 bridgehead atoms. The Morgan fingerprint density at radius 1 is 1.20 bits per heavy atom. The first-order valence-electron chi connectivity index (χ1n) is 8.59. The molecule has 140 valence electrons. The van der Waals surface area contributed by atoms with Gasteiger partial charge in [0, 0.05) is 24.3 Å². The molecule has 0 atom stereocenters. The number of allylic oxidation sites excluding steroid dienone is 1. The van der Waals surface area contributed by atoms with Crippen LogP contribution in [0, 0.1) is 5.92 Å². The smallest absolute Gasteiger partial charge is 0.265 e. The second-order valence-corrected chi connectivity index (χ2v) is 9.20. The maximum absolute atomic E-state index is 11.0. The van der Waals surface area contributed by atoms with Gasteiger partial charge in [0.15, 0.2) is 0 Å². The van der Waals surface area contributed by atoms with Crippen molar-refractivity contribution < 1.29 is 22.9 Å². The van der Waals surface area contributed by atoms with E-state index < -0.39 is 10.1 Å². The van der Waals surface area contributed by atoms with Crippen LogP contribution in [0.15, 0.2) is 35.9 Å². The zero-order valence-electron chi connectivity index (χ0n) is 14.3. The minimum atomic E-state index is -3.85. The summed E-state index contributed by atoms with van der Waals surface area (Å²) in [7, 11) is -3.85. The third-order valence-corrected chi connectivity index (χ3v) is 6.55. The molecule has 0 amide bonds. The standard InChI is InChI=1S/C18H24ClNO3S.H2O/c19-18-6-3-15(4-7-18)2-5-17-14-20(10-1-13-24(21,22)23)11-8-16(17)9-12-20;/h3-7,16H,1-2,8-14H2;1H2/b17-5+;. The first-order valence-corrected chi connectivity index (χ1v) is 10.6. The van der Waals surface area contributed by atoms with Crippen molar-refractivity contribution in [1.82, 2.24) is 0 Å². The topological polar surface area (TPSA) is 84.4 Å². The summed E-state index contributed by atoms with van der Waals surface area (Å²) in [5.41, 5.74) is 2.79. The maximum Gasteiger partial charge on any atom is 0.265 e. The predicted molar refractivity (Wildman–Crippen MR) is 98.7 cm³/mol. The fourth-order valence-electron chi connectivity index (χ4n) is 4.15. The van der Waals surface area contributed by atoms with Gasteiger partial charge in [0.25, 0.3) is 10.1 Å². The Morgan fingerprint density at radius 2 is 1.84 bits per heavy atom. The van der Waals surface area contributed by atoms with E-state index in [1.54, 1.807) is 0 Å². The monoisotopic (exact) mass is 387 g/mol. The van der Waals surface area contributed by atoms with Crippen LogP contribution in [0.1, 0.15) is 24.8 Å². The summed E-state index contributed by atoms with van der Waals surface area (Å²) in [6, 6.07) is 7.99. The largest absolute Gasteiger partial charge is 0.870 e. The van der Waals surface area contributed by atoms with Crippen LogP contribution < -0.4 is 0 Å². The molecular weight excluding hydrogens is 362 g/mol. The molecule has 25 heavy (non-hydrogen) atoms. The number of halogens is 1. The third kappa shape index (κ3) is 5.53. The van der Waals surface area contributed by atoms with E-state index in [0.717, 1.165) is 42.1 Å². The number of hydrogen-bond donors (Lipinski definition) is 1. The minimum Gasteiger partial charge on any atom is -0.870 e. The number of fused-ring (bicyclic) bond motifs is 3. The highest BCUT2D eigenvalue weighted by Crippen LogP contribution is 2.37. The van der Waals surface area contributed by atoms with E-state index in [9.17, 15) is 8.42 Å². The van der Waals surface area contributed by atoms with Crippen molar-refractivity contribution in [3.63, 3.8) is 0 Å². The molecule has 0 aromatic heterocycles. The van der Waals surface area contributed by atoms with E-state index >= 15 is 0 Å². The van der Waals surface area contributed by atoms with Gasteiger partial charge in [-0.25, -0.2) is 0 Å². The van der Waals surface area contributed by atoms with Gasteiger partial charge in [-0.15, -0.1) is 0 Å². The molecule has 1 aromatic rings. The summed E-state index contributed by atoms with van der Waals surface area (Å²) in [6.45, 7) is 4.14. The molecule has 3 heterocycles. The Kier molecular flexibility index (Phi) is 6.68. The zero-order chi connectivity index (χ0) is 17.2. The number of hydrogen-bond acceptors (Lipinski definition) is 3. The van der Waals surface area contributed by atoms with Crippen molar-refractivity contribution in [3.8, 4) is 0 Å². The van der Waals surface area contributed by atoms with E-state index in [1.165, 1.54) is 24.0 Å². The van der Waals surface area contributed by atoms with E-state index in [2.05, 4.69) is 18.2 Å². The van der Waals surface area contributed by atoms with Crippen molar-refractivity contribution in [2.75, 3.05) is 31.9 Å². The molecule has 2 N–H and O–H groups in total. The van der Waals surface area contributed by atoms with Crippen LogP contribution in [0.25, 0.3) is 0 Å². The Hall–Kier alpha value is -0.920. The van der Waals surface area contributed by atoms with Gasteiger partial charge >= 0.3 is 0 Å². The Balaban J connectivity index is 0.00000225. The SMILES string of the molecule is O=S(=O)(O)CCC[N+]12CCC(CC1)/C(=C/Cc1ccc(Cl)cc1)C2.[OH-]. The summed E-state index contributed by atoms with van der Waals surface area (Å²) in [5.74, 6) is 0.569. The summed E-state index contributed by atoms with van der Waals surface area (Å²) in [6.07, 6.45) is 6.21. The van der Waals surface area contributed by atoms with E-state index in [0.29, 0.717) is 12.3 Å². The highest BCUT2D eigenvalue weighted by Gasteiger charge is 2.42. The van der Waals surface area contributed by atoms with Crippen LogP contribution in [-0.2, 0) is 16.5 Å². The summed E-state index contributed by atoms with van der Waals surface area (Å²) >= 11 is 5.93. The molecule has 3 saturated heterocycles. The molecule has 0 unspecified atom stereocenters. The number of nitrogens with zero attached hydrogens (tertiary/aromatic N) is 1. The maximum atomic E-state index is 11.0. The lowest BCUT2D eigenvalue weighted by Gasteiger charge is -2.50. The van der Waals surface area contributed by atoms with Gasteiger partial charge in [0.2, 0.25) is 0 Å². The molecule has 4 rings (SSSR count). The van der Waals surface area contributed by atoms with Crippen LogP contribution in [0.2, 0.25) is 5.02 Å². The number of rotatable bonds is 6. The molecule has 0 spiro atoms. The van der Waals surface area contributed by atoms with Gasteiger partial charge in [-0.05, 0) is 35.6 Å². The minimum absolute atomic E-state index is 0. The van der Waals surface area contributed by atoms with Gasteiger partial charge in [-0.2, -0.15) is 8.42 Å².